The highest BCUT2D eigenvalue weighted by Gasteiger charge is 2.34. The van der Waals surface area contributed by atoms with E-state index < -0.39 is 40.2 Å². The number of carbonyl (C=O) groups is 3. The second-order valence-corrected chi connectivity index (χ2v) is 11.6. The van der Waals surface area contributed by atoms with E-state index in [0.29, 0.717) is 16.5 Å². The lowest BCUT2D eigenvalue weighted by Gasteiger charge is -2.18. The van der Waals surface area contributed by atoms with Crippen molar-refractivity contribution in [3.63, 3.8) is 0 Å². The first kappa shape index (κ1) is 22.7. The number of amides is 1. The van der Waals surface area contributed by atoms with Gasteiger partial charge < -0.3 is 14.8 Å². The smallest absolute Gasteiger partial charge is 0.341 e. The Morgan fingerprint density at radius 1 is 1.23 bits per heavy atom. The molecule has 3 rings (SSSR count). The molecule has 0 bridgehead atoms. The van der Waals surface area contributed by atoms with E-state index in [1.807, 2.05) is 0 Å². The molecule has 2 atom stereocenters. The number of thiophene rings is 1. The number of nitrogens with one attached hydrogen (secondary N) is 1. The third-order valence-corrected chi connectivity index (χ3v) is 8.16. The number of esters is 2. The molecule has 1 saturated heterocycles. The van der Waals surface area contributed by atoms with E-state index in [1.54, 1.807) is 13.8 Å². The molecule has 1 aliphatic heterocycles. The Bertz CT molecular complexity index is 949. The van der Waals surface area contributed by atoms with E-state index in [4.69, 9.17) is 9.47 Å². The Hall–Kier alpha value is -1.94. The minimum atomic E-state index is -3.21. The number of hydrogen-bond donors (Lipinski definition) is 1. The first-order valence-electron chi connectivity index (χ1n) is 10.1. The number of ether oxygens (including phenoxy) is 2. The van der Waals surface area contributed by atoms with Crippen LogP contribution in [0.5, 0.6) is 0 Å². The van der Waals surface area contributed by atoms with Gasteiger partial charge in [-0.25, -0.2) is 13.2 Å². The lowest BCUT2D eigenvalue weighted by molar-refractivity contribution is -0.150. The van der Waals surface area contributed by atoms with E-state index in [9.17, 15) is 22.8 Å². The minimum absolute atomic E-state index is 0.0422. The molecular formula is C20H27NO7S2. The molecule has 0 spiro atoms. The SMILES string of the molecule is CC1CCc2c(sc(NC(=O)COC(=O)C3CCS(=O)(=O)C3)c2C(=O)OC(C)C)C1. The number of fused-ring (bicyclic) bond motifs is 1. The van der Waals surface area contributed by atoms with E-state index in [-0.39, 0.29) is 24.0 Å². The fourth-order valence-electron chi connectivity index (χ4n) is 3.73. The van der Waals surface area contributed by atoms with Crippen LogP contribution in [0.2, 0.25) is 0 Å². The van der Waals surface area contributed by atoms with Crippen molar-refractivity contribution in [2.75, 3.05) is 23.4 Å². The van der Waals surface area contributed by atoms with Crippen LogP contribution in [0.25, 0.3) is 0 Å². The molecule has 1 aromatic rings. The van der Waals surface area contributed by atoms with Crippen LogP contribution in [0, 0.1) is 11.8 Å². The maximum Gasteiger partial charge on any atom is 0.341 e. The third kappa shape index (κ3) is 5.40. The predicted octanol–water partition coefficient (Wildman–Crippen LogP) is 2.35. The molecule has 2 unspecified atom stereocenters. The average Bonchev–Trinajstić information content (AvgIpc) is 3.17. The van der Waals surface area contributed by atoms with E-state index in [1.165, 1.54) is 11.3 Å². The van der Waals surface area contributed by atoms with E-state index in [0.717, 1.165) is 29.7 Å². The summed E-state index contributed by atoms with van der Waals surface area (Å²) in [5.74, 6) is -2.25. The summed E-state index contributed by atoms with van der Waals surface area (Å²) in [6, 6.07) is 0. The van der Waals surface area contributed by atoms with Gasteiger partial charge in [0, 0.05) is 4.88 Å². The Morgan fingerprint density at radius 3 is 2.60 bits per heavy atom. The fraction of sp³-hybridized carbons (Fsp3) is 0.650. The summed E-state index contributed by atoms with van der Waals surface area (Å²) in [5, 5.41) is 3.09. The molecule has 166 valence electrons. The lowest BCUT2D eigenvalue weighted by atomic mass is 9.88. The maximum absolute atomic E-state index is 12.7. The molecule has 1 amide bonds. The molecule has 0 saturated carbocycles. The molecule has 1 aliphatic carbocycles. The van der Waals surface area contributed by atoms with Crippen molar-refractivity contribution in [2.45, 2.75) is 52.6 Å². The third-order valence-electron chi connectivity index (χ3n) is 5.22. The predicted molar refractivity (Wildman–Crippen MR) is 112 cm³/mol. The molecule has 1 fully saturated rings. The number of anilines is 1. The molecular weight excluding hydrogens is 430 g/mol. The van der Waals surface area contributed by atoms with Gasteiger partial charge in [0.05, 0.1) is 29.1 Å². The van der Waals surface area contributed by atoms with Crippen LogP contribution in [0.15, 0.2) is 0 Å². The van der Waals surface area contributed by atoms with Crippen molar-refractivity contribution in [1.29, 1.82) is 0 Å². The van der Waals surface area contributed by atoms with Gasteiger partial charge in [0.2, 0.25) is 0 Å². The highest BCUT2D eigenvalue weighted by molar-refractivity contribution is 7.91. The number of sulfone groups is 1. The highest BCUT2D eigenvalue weighted by Crippen LogP contribution is 2.40. The standard InChI is InChI=1S/C20H27NO7S2/c1-11(2)28-20(24)17-14-5-4-12(3)8-15(14)29-18(17)21-16(22)9-27-19(23)13-6-7-30(25,26)10-13/h11-13H,4-10H2,1-3H3,(H,21,22). The zero-order valence-corrected chi connectivity index (χ0v) is 19.0. The van der Waals surface area contributed by atoms with Crippen LogP contribution in [0.4, 0.5) is 5.00 Å². The van der Waals surface area contributed by atoms with Crippen LogP contribution >= 0.6 is 11.3 Å². The van der Waals surface area contributed by atoms with Crippen LogP contribution in [0.1, 0.15) is 54.4 Å². The van der Waals surface area contributed by atoms with Crippen molar-refractivity contribution < 1.29 is 32.3 Å². The molecule has 8 nitrogen and oxygen atoms in total. The second-order valence-electron chi connectivity index (χ2n) is 8.27. The normalized spacial score (nSPS) is 22.4. The van der Waals surface area contributed by atoms with Crippen LogP contribution in [-0.4, -0.2) is 50.5 Å². The van der Waals surface area contributed by atoms with E-state index >= 15 is 0 Å². The largest absolute Gasteiger partial charge is 0.459 e. The zero-order chi connectivity index (χ0) is 22.1. The van der Waals surface area contributed by atoms with Crippen LogP contribution in [-0.2, 0) is 41.7 Å². The summed E-state index contributed by atoms with van der Waals surface area (Å²) in [5.41, 5.74) is 1.31. The Balaban J connectivity index is 1.68. The van der Waals surface area contributed by atoms with Crippen LogP contribution < -0.4 is 5.32 Å². The highest BCUT2D eigenvalue weighted by atomic mass is 32.2. The van der Waals surface area contributed by atoms with Crippen molar-refractivity contribution in [3.05, 3.63) is 16.0 Å². The Kier molecular flexibility index (Phi) is 6.86. The van der Waals surface area contributed by atoms with Crippen LogP contribution in [0.3, 0.4) is 0 Å². The topological polar surface area (TPSA) is 116 Å². The van der Waals surface area contributed by atoms with Gasteiger partial charge in [-0.1, -0.05) is 6.92 Å². The molecule has 2 aliphatic rings. The quantitative estimate of drug-likeness (QED) is 0.652. The first-order chi connectivity index (χ1) is 14.1. The fourth-order valence-corrected chi connectivity index (χ4v) is 6.87. The second kappa shape index (κ2) is 9.05. The summed E-state index contributed by atoms with van der Waals surface area (Å²) >= 11 is 1.36. The molecule has 1 aromatic heterocycles. The molecule has 0 aromatic carbocycles. The van der Waals surface area contributed by atoms with Gasteiger partial charge in [-0.3, -0.25) is 9.59 Å². The molecule has 10 heteroatoms. The van der Waals surface area contributed by atoms with Gasteiger partial charge in [0.25, 0.3) is 5.91 Å². The molecule has 30 heavy (non-hydrogen) atoms. The van der Waals surface area contributed by atoms with E-state index in [2.05, 4.69) is 12.2 Å². The summed E-state index contributed by atoms with van der Waals surface area (Å²) in [6.45, 7) is 5.14. The first-order valence-corrected chi connectivity index (χ1v) is 12.7. The summed E-state index contributed by atoms with van der Waals surface area (Å²) in [4.78, 5) is 38.2. The van der Waals surface area contributed by atoms with Gasteiger partial charge in [0.15, 0.2) is 16.4 Å². The summed E-state index contributed by atoms with van der Waals surface area (Å²) in [6.07, 6.45) is 2.47. The van der Waals surface area contributed by atoms with Crippen molar-refractivity contribution in [1.82, 2.24) is 0 Å². The maximum atomic E-state index is 12.7. The number of rotatable bonds is 6. The molecule has 2 heterocycles. The number of hydrogen-bond acceptors (Lipinski definition) is 8. The summed E-state index contributed by atoms with van der Waals surface area (Å²) in [7, 11) is -3.21. The average molecular weight is 458 g/mol. The molecule has 0 radical (unpaired) electrons. The Labute approximate surface area is 180 Å². The molecule has 1 N–H and O–H groups in total. The number of carbonyl (C=O) groups excluding carboxylic acids is 3. The lowest BCUT2D eigenvalue weighted by Crippen LogP contribution is -2.26. The Morgan fingerprint density at radius 2 is 1.97 bits per heavy atom. The van der Waals surface area contributed by atoms with Crippen molar-refractivity contribution in [2.24, 2.45) is 11.8 Å². The van der Waals surface area contributed by atoms with Gasteiger partial charge in [-0.15, -0.1) is 11.3 Å². The van der Waals surface area contributed by atoms with Gasteiger partial charge in [-0.2, -0.15) is 0 Å². The minimum Gasteiger partial charge on any atom is -0.459 e. The van der Waals surface area contributed by atoms with Gasteiger partial charge >= 0.3 is 11.9 Å². The zero-order valence-electron chi connectivity index (χ0n) is 17.4. The van der Waals surface area contributed by atoms with Crippen molar-refractivity contribution >= 4 is 44.0 Å². The van der Waals surface area contributed by atoms with Crippen molar-refractivity contribution in [3.8, 4) is 0 Å². The van der Waals surface area contributed by atoms with Gasteiger partial charge in [-0.05, 0) is 51.0 Å². The summed E-state index contributed by atoms with van der Waals surface area (Å²) < 4.78 is 33.4. The monoisotopic (exact) mass is 457 g/mol. The van der Waals surface area contributed by atoms with Gasteiger partial charge in [0.1, 0.15) is 5.00 Å².